The van der Waals surface area contributed by atoms with Gasteiger partial charge >= 0.3 is 0 Å². The van der Waals surface area contributed by atoms with Crippen molar-refractivity contribution in [3.05, 3.63) is 69.8 Å². The number of hydrogen-bond donors (Lipinski definition) is 0. The van der Waals surface area contributed by atoms with E-state index < -0.39 is 0 Å². The van der Waals surface area contributed by atoms with Crippen LogP contribution in [-0.2, 0) is 19.3 Å². The average Bonchev–Trinajstić information content (AvgIpc) is 2.56. The van der Waals surface area contributed by atoms with Gasteiger partial charge < -0.3 is 0 Å². The van der Waals surface area contributed by atoms with Gasteiger partial charge in [0, 0.05) is 11.1 Å². The summed E-state index contributed by atoms with van der Waals surface area (Å²) >= 11 is 0. The van der Waals surface area contributed by atoms with Gasteiger partial charge in [-0.25, -0.2) is 0 Å². The Hall–Kier alpha value is -1.89. The number of benzene rings is 2. The van der Waals surface area contributed by atoms with E-state index in [1.807, 2.05) is 18.2 Å². The molecule has 19 heavy (non-hydrogen) atoms. The molecule has 0 bridgehead atoms. The molecule has 0 aromatic heterocycles. The second kappa shape index (κ2) is 4.65. The van der Waals surface area contributed by atoms with Crippen molar-refractivity contribution in [3.63, 3.8) is 0 Å². The van der Waals surface area contributed by atoms with E-state index in [9.17, 15) is 4.79 Å². The van der Waals surface area contributed by atoms with Crippen molar-refractivity contribution >= 4 is 5.78 Å². The van der Waals surface area contributed by atoms with Crippen LogP contribution in [0.25, 0.3) is 0 Å². The highest BCUT2D eigenvalue weighted by molar-refractivity contribution is 6.11. The van der Waals surface area contributed by atoms with Gasteiger partial charge in [-0.05, 0) is 42.9 Å². The Kier molecular flexibility index (Phi) is 2.98. The van der Waals surface area contributed by atoms with Crippen LogP contribution in [0.3, 0.4) is 0 Å². The number of rotatable bonds is 1. The Bertz CT molecular complexity index is 653. The van der Waals surface area contributed by atoms with Crippen LogP contribution >= 0.6 is 0 Å². The Morgan fingerprint density at radius 3 is 2.26 bits per heavy atom. The first-order valence-corrected chi connectivity index (χ1v) is 6.95. The van der Waals surface area contributed by atoms with E-state index in [2.05, 4.69) is 32.0 Å². The molecule has 0 spiro atoms. The Balaban J connectivity index is 2.13. The zero-order valence-electron chi connectivity index (χ0n) is 11.5. The van der Waals surface area contributed by atoms with Gasteiger partial charge in [0.25, 0.3) is 0 Å². The van der Waals surface area contributed by atoms with Gasteiger partial charge in [-0.1, -0.05) is 48.9 Å². The molecule has 0 radical (unpaired) electrons. The highest BCUT2D eigenvalue weighted by Gasteiger charge is 2.20. The summed E-state index contributed by atoms with van der Waals surface area (Å²) in [4.78, 5) is 12.6. The lowest BCUT2D eigenvalue weighted by atomic mass is 9.96. The maximum Gasteiger partial charge on any atom is 0.193 e. The number of carbonyl (C=O) groups is 1. The molecule has 0 saturated carbocycles. The lowest BCUT2D eigenvalue weighted by Gasteiger charge is -2.07. The third kappa shape index (κ3) is 2.10. The summed E-state index contributed by atoms with van der Waals surface area (Å²) in [6.07, 6.45) is 2.95. The minimum absolute atomic E-state index is 0.185. The molecule has 1 nitrogen and oxygen atoms in total. The molecule has 3 rings (SSSR count). The molecular formula is C18H18O. The summed E-state index contributed by atoms with van der Waals surface area (Å²) in [5.74, 6) is 0.185. The summed E-state index contributed by atoms with van der Waals surface area (Å²) in [7, 11) is 0. The van der Waals surface area contributed by atoms with E-state index >= 15 is 0 Å². The molecule has 0 saturated heterocycles. The van der Waals surface area contributed by atoms with Gasteiger partial charge in [-0.3, -0.25) is 4.79 Å². The summed E-state index contributed by atoms with van der Waals surface area (Å²) in [6, 6.07) is 12.4. The first-order valence-electron chi connectivity index (χ1n) is 6.95. The van der Waals surface area contributed by atoms with Crippen LogP contribution in [0, 0.1) is 6.92 Å². The van der Waals surface area contributed by atoms with Crippen LogP contribution in [0.1, 0.15) is 45.1 Å². The van der Waals surface area contributed by atoms with Gasteiger partial charge in [0.05, 0.1) is 0 Å². The van der Waals surface area contributed by atoms with Crippen molar-refractivity contribution in [2.24, 2.45) is 0 Å². The van der Waals surface area contributed by atoms with Gasteiger partial charge in [0.1, 0.15) is 0 Å². The number of carbonyl (C=O) groups excluding carboxylic acids is 1. The van der Waals surface area contributed by atoms with E-state index in [0.29, 0.717) is 0 Å². The standard InChI is InChI=1S/C18H18O/c1-3-13-5-9-17-15(11-13)7-6-14-10-12(2)4-8-16(14)18(17)19/h4-5,8-11H,3,6-7H2,1-2H3. The Morgan fingerprint density at radius 2 is 1.58 bits per heavy atom. The number of fused-ring (bicyclic) bond motifs is 2. The van der Waals surface area contributed by atoms with Crippen molar-refractivity contribution in [2.45, 2.75) is 33.1 Å². The zero-order chi connectivity index (χ0) is 13.4. The maximum absolute atomic E-state index is 12.6. The number of hydrogen-bond acceptors (Lipinski definition) is 1. The predicted molar refractivity (Wildman–Crippen MR) is 77.8 cm³/mol. The molecule has 1 aliphatic rings. The molecule has 0 aliphatic heterocycles. The van der Waals surface area contributed by atoms with Crippen molar-refractivity contribution in [1.29, 1.82) is 0 Å². The normalized spacial score (nSPS) is 13.7. The molecule has 0 unspecified atom stereocenters. The van der Waals surface area contributed by atoms with Gasteiger partial charge in [-0.2, -0.15) is 0 Å². The summed E-state index contributed by atoms with van der Waals surface area (Å²) in [6.45, 7) is 4.23. The summed E-state index contributed by atoms with van der Waals surface area (Å²) in [5.41, 5.74) is 6.71. The van der Waals surface area contributed by atoms with Crippen LogP contribution in [0.4, 0.5) is 0 Å². The van der Waals surface area contributed by atoms with Crippen molar-refractivity contribution in [3.8, 4) is 0 Å². The molecule has 0 N–H and O–H groups in total. The third-order valence-corrected chi connectivity index (χ3v) is 3.99. The lowest BCUT2D eigenvalue weighted by molar-refractivity contribution is 0.103. The highest BCUT2D eigenvalue weighted by Crippen LogP contribution is 2.26. The SMILES string of the molecule is CCc1ccc2c(c1)CCc1cc(C)ccc1C2=O. The summed E-state index contributed by atoms with van der Waals surface area (Å²) in [5, 5.41) is 0. The van der Waals surface area contributed by atoms with Crippen LogP contribution in [0.2, 0.25) is 0 Å². The molecule has 96 valence electrons. The number of aryl methyl sites for hydroxylation is 4. The zero-order valence-corrected chi connectivity index (χ0v) is 11.5. The largest absolute Gasteiger partial charge is 0.289 e. The van der Waals surface area contributed by atoms with E-state index in [4.69, 9.17) is 0 Å². The Morgan fingerprint density at radius 1 is 0.947 bits per heavy atom. The summed E-state index contributed by atoms with van der Waals surface area (Å²) < 4.78 is 0. The van der Waals surface area contributed by atoms with Crippen LogP contribution in [-0.4, -0.2) is 5.78 Å². The second-order valence-electron chi connectivity index (χ2n) is 5.33. The first kappa shape index (κ1) is 12.2. The van der Waals surface area contributed by atoms with E-state index in [1.54, 1.807) is 0 Å². The molecule has 0 heterocycles. The first-order chi connectivity index (χ1) is 9.19. The fourth-order valence-electron chi connectivity index (χ4n) is 2.86. The van der Waals surface area contributed by atoms with Crippen LogP contribution < -0.4 is 0 Å². The highest BCUT2D eigenvalue weighted by atomic mass is 16.1. The minimum Gasteiger partial charge on any atom is -0.289 e. The van der Waals surface area contributed by atoms with E-state index in [-0.39, 0.29) is 5.78 Å². The van der Waals surface area contributed by atoms with E-state index in [0.717, 1.165) is 30.4 Å². The number of ketones is 1. The topological polar surface area (TPSA) is 17.1 Å². The van der Waals surface area contributed by atoms with Crippen LogP contribution in [0.5, 0.6) is 0 Å². The maximum atomic E-state index is 12.6. The third-order valence-electron chi connectivity index (χ3n) is 3.99. The van der Waals surface area contributed by atoms with Crippen molar-refractivity contribution < 1.29 is 4.79 Å². The molecular weight excluding hydrogens is 232 g/mol. The lowest BCUT2D eigenvalue weighted by Crippen LogP contribution is -2.04. The molecule has 0 fully saturated rings. The quantitative estimate of drug-likeness (QED) is 0.750. The molecule has 2 aromatic carbocycles. The smallest absolute Gasteiger partial charge is 0.193 e. The fourth-order valence-corrected chi connectivity index (χ4v) is 2.86. The molecule has 0 atom stereocenters. The van der Waals surface area contributed by atoms with Crippen molar-refractivity contribution in [1.82, 2.24) is 0 Å². The minimum atomic E-state index is 0.185. The van der Waals surface area contributed by atoms with Crippen LogP contribution in [0.15, 0.2) is 36.4 Å². The fraction of sp³-hybridized carbons (Fsp3) is 0.278. The van der Waals surface area contributed by atoms with Crippen molar-refractivity contribution in [2.75, 3.05) is 0 Å². The van der Waals surface area contributed by atoms with Gasteiger partial charge in [0.15, 0.2) is 5.78 Å². The van der Waals surface area contributed by atoms with E-state index in [1.165, 1.54) is 22.3 Å². The van der Waals surface area contributed by atoms with Gasteiger partial charge in [-0.15, -0.1) is 0 Å². The molecule has 0 amide bonds. The average molecular weight is 250 g/mol. The monoisotopic (exact) mass is 250 g/mol. The molecule has 1 heteroatoms. The second-order valence-corrected chi connectivity index (χ2v) is 5.33. The van der Waals surface area contributed by atoms with Gasteiger partial charge in [0.2, 0.25) is 0 Å². The predicted octanol–water partition coefficient (Wildman–Crippen LogP) is 3.89. The Labute approximate surface area is 114 Å². The molecule has 2 aromatic rings. The molecule has 1 aliphatic carbocycles.